The Balaban J connectivity index is 2.05. The van der Waals surface area contributed by atoms with Crippen LogP contribution in [0.1, 0.15) is 18.4 Å². The van der Waals surface area contributed by atoms with Gasteiger partial charge in [0.25, 0.3) is 0 Å². The zero-order valence-corrected chi connectivity index (χ0v) is 10.4. The lowest BCUT2D eigenvalue weighted by molar-refractivity contribution is 0.0583. The highest BCUT2D eigenvalue weighted by Crippen LogP contribution is 2.39. The second-order valence-corrected chi connectivity index (χ2v) is 5.20. The van der Waals surface area contributed by atoms with Crippen molar-refractivity contribution in [1.82, 2.24) is 0 Å². The van der Waals surface area contributed by atoms with Crippen molar-refractivity contribution in [3.8, 4) is 0 Å². The minimum absolute atomic E-state index is 0.0349. The Hall–Kier alpha value is -0.770. The first-order valence-corrected chi connectivity index (χ1v) is 6.30. The molecule has 1 saturated carbocycles. The molecule has 0 unspecified atom stereocenters. The van der Waals surface area contributed by atoms with Crippen LogP contribution in [-0.4, -0.2) is 23.0 Å². The smallest absolute Gasteiger partial charge is 0.138 e. The van der Waals surface area contributed by atoms with Crippen molar-refractivity contribution in [1.29, 1.82) is 0 Å². The number of fused-ring (bicyclic) bond motifs is 1. The van der Waals surface area contributed by atoms with Gasteiger partial charge in [-0.3, -0.25) is 0 Å². The number of hydrogen-bond acceptors (Lipinski definition) is 3. The lowest BCUT2D eigenvalue weighted by Gasteiger charge is -2.15. The van der Waals surface area contributed by atoms with Crippen molar-refractivity contribution < 1.29 is 9.94 Å². The summed E-state index contributed by atoms with van der Waals surface area (Å²) in [5.74, 6) is -0.104. The molecule has 3 atom stereocenters. The van der Waals surface area contributed by atoms with Gasteiger partial charge in [0.05, 0.1) is 27.8 Å². The molecule has 3 rings (SSSR count). The molecule has 1 aromatic carbocycles. The molecule has 3 nitrogen and oxygen atoms in total. The summed E-state index contributed by atoms with van der Waals surface area (Å²) in [6.07, 6.45) is 1.10. The molecule has 1 aliphatic carbocycles. The van der Waals surface area contributed by atoms with E-state index in [4.69, 9.17) is 28.0 Å². The van der Waals surface area contributed by atoms with Crippen molar-refractivity contribution in [2.24, 2.45) is 11.1 Å². The number of rotatable bonds is 1. The Labute approximate surface area is 109 Å². The van der Waals surface area contributed by atoms with E-state index in [-0.39, 0.29) is 12.0 Å². The maximum Gasteiger partial charge on any atom is 0.138 e. The Morgan fingerprint density at radius 3 is 2.65 bits per heavy atom. The van der Waals surface area contributed by atoms with Crippen LogP contribution in [0.4, 0.5) is 0 Å². The van der Waals surface area contributed by atoms with Gasteiger partial charge in [0, 0.05) is 5.56 Å². The molecule has 0 radical (unpaired) electrons. The molecule has 0 saturated heterocycles. The number of hydrogen-bond donors (Lipinski definition) is 1. The van der Waals surface area contributed by atoms with E-state index in [0.29, 0.717) is 21.3 Å². The average molecular weight is 272 g/mol. The van der Waals surface area contributed by atoms with Crippen LogP contribution < -0.4 is 0 Å². The third-order valence-corrected chi connectivity index (χ3v) is 4.01. The number of nitrogens with zero attached hydrogens (tertiary/aromatic N) is 1. The second-order valence-electron chi connectivity index (χ2n) is 4.39. The number of halogens is 2. The van der Waals surface area contributed by atoms with E-state index in [0.717, 1.165) is 12.8 Å². The van der Waals surface area contributed by atoms with E-state index in [1.54, 1.807) is 18.2 Å². The van der Waals surface area contributed by atoms with Crippen LogP contribution >= 0.6 is 23.2 Å². The normalized spacial score (nSPS) is 31.0. The lowest BCUT2D eigenvalue weighted by atomic mass is 9.93. The monoisotopic (exact) mass is 271 g/mol. The van der Waals surface area contributed by atoms with Gasteiger partial charge >= 0.3 is 0 Å². The summed E-state index contributed by atoms with van der Waals surface area (Å²) in [6, 6.07) is 5.31. The van der Waals surface area contributed by atoms with Gasteiger partial charge in [-0.2, -0.15) is 0 Å². The van der Waals surface area contributed by atoms with Crippen molar-refractivity contribution in [3.63, 3.8) is 0 Å². The van der Waals surface area contributed by atoms with Crippen LogP contribution in [0.3, 0.4) is 0 Å². The maximum atomic E-state index is 9.97. The van der Waals surface area contributed by atoms with E-state index in [2.05, 4.69) is 5.16 Å². The predicted octanol–water partition coefficient (Wildman–Crippen LogP) is 2.87. The average Bonchev–Trinajstić information content (AvgIpc) is 2.83. The van der Waals surface area contributed by atoms with Crippen molar-refractivity contribution in [2.45, 2.75) is 25.0 Å². The van der Waals surface area contributed by atoms with E-state index < -0.39 is 6.10 Å². The van der Waals surface area contributed by atoms with Crippen molar-refractivity contribution >= 4 is 28.9 Å². The topological polar surface area (TPSA) is 41.8 Å². The minimum Gasteiger partial charge on any atom is -0.392 e. The molecular weight excluding hydrogens is 261 g/mol. The van der Waals surface area contributed by atoms with Gasteiger partial charge in [0.2, 0.25) is 0 Å². The van der Waals surface area contributed by atoms with Crippen LogP contribution in [0.2, 0.25) is 10.0 Å². The molecule has 0 bridgehead atoms. The van der Waals surface area contributed by atoms with Gasteiger partial charge in [-0.15, -0.1) is 0 Å². The molecule has 90 valence electrons. The number of benzene rings is 1. The Bertz CT molecular complexity index is 469. The molecule has 0 spiro atoms. The number of oxime groups is 1. The first kappa shape index (κ1) is 11.3. The van der Waals surface area contributed by atoms with E-state index in [1.807, 2.05) is 0 Å². The highest BCUT2D eigenvalue weighted by molar-refractivity contribution is 6.40. The first-order valence-electron chi connectivity index (χ1n) is 5.54. The fraction of sp³-hybridized carbons (Fsp3) is 0.417. The summed E-state index contributed by atoms with van der Waals surface area (Å²) in [4.78, 5) is 5.33. The third-order valence-electron chi connectivity index (χ3n) is 3.38. The Morgan fingerprint density at radius 2 is 1.94 bits per heavy atom. The number of aliphatic hydroxyl groups excluding tert-OH is 1. The summed E-state index contributed by atoms with van der Waals surface area (Å²) >= 11 is 12.3. The van der Waals surface area contributed by atoms with Gasteiger partial charge < -0.3 is 9.94 Å². The standard InChI is InChI=1S/C12H11Cl2NO2/c13-6-2-1-3-7(14)10(6)12-11-8(16)4-5-9(11)17-15-12/h1-3,8-9,11,16H,4-5H2/t8-,9-,11+/m0/s1. The van der Waals surface area contributed by atoms with Crippen LogP contribution in [-0.2, 0) is 4.84 Å². The zero-order valence-electron chi connectivity index (χ0n) is 8.94. The molecule has 1 aromatic rings. The summed E-state index contributed by atoms with van der Waals surface area (Å²) in [7, 11) is 0. The van der Waals surface area contributed by atoms with E-state index >= 15 is 0 Å². The second kappa shape index (κ2) is 4.16. The summed E-state index contributed by atoms with van der Waals surface area (Å²) < 4.78 is 0. The first-order chi connectivity index (χ1) is 8.18. The molecule has 17 heavy (non-hydrogen) atoms. The minimum atomic E-state index is -0.423. The highest BCUT2D eigenvalue weighted by atomic mass is 35.5. The fourth-order valence-corrected chi connectivity index (χ4v) is 3.15. The molecule has 0 aromatic heterocycles. The summed E-state index contributed by atoms with van der Waals surface area (Å²) in [5.41, 5.74) is 1.36. The van der Waals surface area contributed by atoms with Crippen molar-refractivity contribution in [3.05, 3.63) is 33.8 Å². The summed E-state index contributed by atoms with van der Waals surface area (Å²) in [5, 5.41) is 15.1. The molecule has 1 aliphatic heterocycles. The van der Waals surface area contributed by atoms with Gasteiger partial charge in [-0.05, 0) is 25.0 Å². The lowest BCUT2D eigenvalue weighted by Crippen LogP contribution is -2.27. The SMILES string of the molecule is O[C@H]1CC[C@@H]2ON=C(c3c(Cl)cccc3Cl)[C@@H]21. The zero-order chi connectivity index (χ0) is 12.0. The number of aliphatic hydroxyl groups is 1. The molecule has 2 aliphatic rings. The highest BCUT2D eigenvalue weighted by Gasteiger charge is 2.45. The molecule has 1 N–H and O–H groups in total. The van der Waals surface area contributed by atoms with Crippen LogP contribution in [0.5, 0.6) is 0 Å². The fourth-order valence-electron chi connectivity index (χ4n) is 2.56. The van der Waals surface area contributed by atoms with Gasteiger partial charge in [0.1, 0.15) is 6.10 Å². The quantitative estimate of drug-likeness (QED) is 0.854. The molecule has 5 heteroatoms. The van der Waals surface area contributed by atoms with Crippen LogP contribution in [0, 0.1) is 5.92 Å². The maximum absolute atomic E-state index is 9.97. The van der Waals surface area contributed by atoms with Crippen molar-refractivity contribution in [2.75, 3.05) is 0 Å². The molecule has 0 amide bonds. The Morgan fingerprint density at radius 1 is 1.24 bits per heavy atom. The van der Waals surface area contributed by atoms with E-state index in [1.165, 1.54) is 0 Å². The van der Waals surface area contributed by atoms with E-state index in [9.17, 15) is 5.11 Å². The Kier molecular flexibility index (Phi) is 2.77. The largest absolute Gasteiger partial charge is 0.392 e. The van der Waals surface area contributed by atoms with Crippen LogP contribution in [0.15, 0.2) is 23.4 Å². The third kappa shape index (κ3) is 1.73. The molecule has 1 fully saturated rings. The van der Waals surface area contributed by atoms with Crippen LogP contribution in [0.25, 0.3) is 0 Å². The van der Waals surface area contributed by atoms with Gasteiger partial charge in [-0.1, -0.05) is 34.4 Å². The van der Waals surface area contributed by atoms with Gasteiger partial charge in [-0.25, -0.2) is 0 Å². The molecule has 1 heterocycles. The summed E-state index contributed by atoms with van der Waals surface area (Å²) in [6.45, 7) is 0. The molecular formula is C12H11Cl2NO2. The van der Waals surface area contributed by atoms with Gasteiger partial charge in [0.15, 0.2) is 0 Å². The predicted molar refractivity (Wildman–Crippen MR) is 66.6 cm³/mol.